The first-order chi connectivity index (χ1) is 7.13. The van der Waals surface area contributed by atoms with Gasteiger partial charge in [0, 0.05) is 23.5 Å². The van der Waals surface area contributed by atoms with E-state index in [-0.39, 0.29) is 5.91 Å². The summed E-state index contributed by atoms with van der Waals surface area (Å²) in [4.78, 5) is 11.6. The summed E-state index contributed by atoms with van der Waals surface area (Å²) in [5.74, 6) is -0.123. The number of hydrogen-bond donors (Lipinski definition) is 3. The molecule has 0 heterocycles. The number of nitrogens with two attached hydrogens (primary N) is 2. The smallest absolute Gasteiger partial charge is 0.251 e. The van der Waals surface area contributed by atoms with Gasteiger partial charge in [0.2, 0.25) is 0 Å². The van der Waals surface area contributed by atoms with E-state index in [1.165, 1.54) is 0 Å². The van der Waals surface area contributed by atoms with Gasteiger partial charge >= 0.3 is 0 Å². The molecule has 0 aliphatic carbocycles. The SMILES string of the molecule is CCCCNC(=O)c1cc(N)cc(N)c1. The molecule has 0 fully saturated rings. The van der Waals surface area contributed by atoms with Crippen molar-refractivity contribution >= 4 is 17.3 Å². The lowest BCUT2D eigenvalue weighted by molar-refractivity contribution is 0.0953. The summed E-state index contributed by atoms with van der Waals surface area (Å²) in [6.07, 6.45) is 2.03. The summed E-state index contributed by atoms with van der Waals surface area (Å²) >= 11 is 0. The molecule has 0 spiro atoms. The number of amides is 1. The molecule has 0 radical (unpaired) electrons. The molecule has 82 valence electrons. The van der Waals surface area contributed by atoms with Crippen molar-refractivity contribution in [3.63, 3.8) is 0 Å². The van der Waals surface area contributed by atoms with E-state index in [4.69, 9.17) is 11.5 Å². The van der Waals surface area contributed by atoms with E-state index >= 15 is 0 Å². The first-order valence-corrected chi connectivity index (χ1v) is 5.07. The van der Waals surface area contributed by atoms with Gasteiger partial charge in [-0.15, -0.1) is 0 Å². The Balaban J connectivity index is 2.65. The van der Waals surface area contributed by atoms with Crippen molar-refractivity contribution in [1.29, 1.82) is 0 Å². The van der Waals surface area contributed by atoms with Gasteiger partial charge in [-0.2, -0.15) is 0 Å². The van der Waals surface area contributed by atoms with E-state index < -0.39 is 0 Å². The first kappa shape index (κ1) is 11.4. The molecule has 0 atom stereocenters. The zero-order valence-electron chi connectivity index (χ0n) is 8.92. The number of nitrogen functional groups attached to an aromatic ring is 2. The number of nitrogens with one attached hydrogen (secondary N) is 1. The number of carbonyl (C=O) groups excluding carboxylic acids is 1. The number of anilines is 2. The summed E-state index contributed by atoms with van der Waals surface area (Å²) in [6.45, 7) is 2.76. The molecule has 4 nitrogen and oxygen atoms in total. The van der Waals surface area contributed by atoms with Crippen molar-refractivity contribution in [2.75, 3.05) is 18.0 Å². The minimum absolute atomic E-state index is 0.123. The number of unbranched alkanes of at least 4 members (excludes halogenated alkanes) is 1. The van der Waals surface area contributed by atoms with Crippen LogP contribution in [0, 0.1) is 0 Å². The second-order valence-corrected chi connectivity index (χ2v) is 3.50. The van der Waals surface area contributed by atoms with Crippen LogP contribution in [0.3, 0.4) is 0 Å². The Kier molecular flexibility index (Phi) is 3.97. The number of rotatable bonds is 4. The van der Waals surface area contributed by atoms with Crippen LogP contribution in [0.1, 0.15) is 30.1 Å². The first-order valence-electron chi connectivity index (χ1n) is 5.07. The standard InChI is InChI=1S/C11H17N3O/c1-2-3-4-14-11(15)8-5-9(12)7-10(13)6-8/h5-7H,2-4,12-13H2,1H3,(H,14,15). The third kappa shape index (κ3) is 3.50. The van der Waals surface area contributed by atoms with E-state index in [1.807, 2.05) is 0 Å². The van der Waals surface area contributed by atoms with Crippen molar-refractivity contribution in [1.82, 2.24) is 5.32 Å². The maximum atomic E-state index is 11.6. The van der Waals surface area contributed by atoms with Gasteiger partial charge in [0.05, 0.1) is 0 Å². The minimum atomic E-state index is -0.123. The highest BCUT2D eigenvalue weighted by Crippen LogP contribution is 2.13. The molecule has 0 saturated heterocycles. The van der Waals surface area contributed by atoms with Crippen LogP contribution in [-0.4, -0.2) is 12.5 Å². The van der Waals surface area contributed by atoms with E-state index in [0.29, 0.717) is 23.5 Å². The highest BCUT2D eigenvalue weighted by molar-refractivity contribution is 5.96. The molecule has 15 heavy (non-hydrogen) atoms. The van der Waals surface area contributed by atoms with Gasteiger partial charge in [0.15, 0.2) is 0 Å². The molecule has 1 aromatic rings. The molecule has 0 aromatic heterocycles. The maximum absolute atomic E-state index is 11.6. The number of hydrogen-bond acceptors (Lipinski definition) is 3. The molecule has 4 heteroatoms. The van der Waals surface area contributed by atoms with E-state index in [0.717, 1.165) is 12.8 Å². The van der Waals surface area contributed by atoms with Crippen LogP contribution in [0.5, 0.6) is 0 Å². The van der Waals surface area contributed by atoms with E-state index in [9.17, 15) is 4.79 Å². The highest BCUT2D eigenvalue weighted by atomic mass is 16.1. The van der Waals surface area contributed by atoms with Crippen molar-refractivity contribution in [2.45, 2.75) is 19.8 Å². The maximum Gasteiger partial charge on any atom is 0.251 e. The molecule has 1 amide bonds. The zero-order chi connectivity index (χ0) is 11.3. The number of carbonyl (C=O) groups is 1. The second-order valence-electron chi connectivity index (χ2n) is 3.50. The van der Waals surface area contributed by atoms with Gasteiger partial charge in [-0.05, 0) is 24.6 Å². The fourth-order valence-corrected chi connectivity index (χ4v) is 1.29. The summed E-state index contributed by atoms with van der Waals surface area (Å²) in [7, 11) is 0. The normalized spacial score (nSPS) is 9.93. The number of benzene rings is 1. The minimum Gasteiger partial charge on any atom is -0.399 e. The summed E-state index contributed by atoms with van der Waals surface area (Å²) in [5.41, 5.74) is 12.7. The topological polar surface area (TPSA) is 81.1 Å². The van der Waals surface area contributed by atoms with E-state index in [2.05, 4.69) is 12.2 Å². The molecule has 0 aliphatic rings. The Hall–Kier alpha value is -1.71. The van der Waals surface area contributed by atoms with Crippen LogP contribution in [0.4, 0.5) is 11.4 Å². The third-order valence-electron chi connectivity index (χ3n) is 2.06. The van der Waals surface area contributed by atoms with Gasteiger partial charge in [-0.1, -0.05) is 13.3 Å². The predicted octanol–water partition coefficient (Wildman–Crippen LogP) is 1.38. The van der Waals surface area contributed by atoms with Crippen LogP contribution in [0.2, 0.25) is 0 Å². The molecule has 0 saturated carbocycles. The molecular weight excluding hydrogens is 190 g/mol. The van der Waals surface area contributed by atoms with Gasteiger partial charge in [0.1, 0.15) is 0 Å². The molecule has 1 aromatic carbocycles. The van der Waals surface area contributed by atoms with Gasteiger partial charge in [-0.25, -0.2) is 0 Å². The average Bonchev–Trinajstić information content (AvgIpc) is 2.16. The van der Waals surface area contributed by atoms with Crippen LogP contribution >= 0.6 is 0 Å². The van der Waals surface area contributed by atoms with E-state index in [1.54, 1.807) is 18.2 Å². The van der Waals surface area contributed by atoms with Gasteiger partial charge in [0.25, 0.3) is 5.91 Å². The quantitative estimate of drug-likeness (QED) is 0.515. The summed E-state index contributed by atoms with van der Waals surface area (Å²) < 4.78 is 0. The Bertz CT molecular complexity index is 329. The Morgan fingerprint density at radius 3 is 2.40 bits per heavy atom. The monoisotopic (exact) mass is 207 g/mol. The second kappa shape index (κ2) is 5.24. The van der Waals surface area contributed by atoms with Crippen LogP contribution in [0.25, 0.3) is 0 Å². The lowest BCUT2D eigenvalue weighted by atomic mass is 10.1. The lowest BCUT2D eigenvalue weighted by Crippen LogP contribution is -2.24. The summed E-state index contributed by atoms with van der Waals surface area (Å²) in [6, 6.07) is 4.87. The molecule has 5 N–H and O–H groups in total. The highest BCUT2D eigenvalue weighted by Gasteiger charge is 2.05. The molecule has 1 rings (SSSR count). The third-order valence-corrected chi connectivity index (χ3v) is 2.06. The predicted molar refractivity (Wildman–Crippen MR) is 62.5 cm³/mol. The van der Waals surface area contributed by atoms with Crippen molar-refractivity contribution in [3.8, 4) is 0 Å². The molecular formula is C11H17N3O. The fourth-order valence-electron chi connectivity index (χ4n) is 1.29. The largest absolute Gasteiger partial charge is 0.399 e. The van der Waals surface area contributed by atoms with Crippen LogP contribution in [0.15, 0.2) is 18.2 Å². The molecule has 0 bridgehead atoms. The van der Waals surface area contributed by atoms with Crippen molar-refractivity contribution < 1.29 is 4.79 Å². The molecule has 0 unspecified atom stereocenters. The Labute approximate surface area is 89.6 Å². The lowest BCUT2D eigenvalue weighted by Gasteiger charge is -2.06. The van der Waals surface area contributed by atoms with Crippen LogP contribution < -0.4 is 16.8 Å². The average molecular weight is 207 g/mol. The summed E-state index contributed by atoms with van der Waals surface area (Å²) in [5, 5.41) is 2.80. The van der Waals surface area contributed by atoms with Gasteiger partial charge in [-0.3, -0.25) is 4.79 Å². The van der Waals surface area contributed by atoms with Crippen molar-refractivity contribution in [2.24, 2.45) is 0 Å². The Morgan fingerprint density at radius 2 is 1.87 bits per heavy atom. The molecule has 0 aliphatic heterocycles. The van der Waals surface area contributed by atoms with Crippen LogP contribution in [-0.2, 0) is 0 Å². The van der Waals surface area contributed by atoms with Gasteiger partial charge < -0.3 is 16.8 Å². The fraction of sp³-hybridized carbons (Fsp3) is 0.364. The Morgan fingerprint density at radius 1 is 1.27 bits per heavy atom. The van der Waals surface area contributed by atoms with Crippen molar-refractivity contribution in [3.05, 3.63) is 23.8 Å². The zero-order valence-corrected chi connectivity index (χ0v) is 8.92.